The number of anilines is 1. The first kappa shape index (κ1) is 19.9. The van der Waals surface area contributed by atoms with Crippen molar-refractivity contribution in [2.45, 2.75) is 32.7 Å². The predicted octanol–water partition coefficient (Wildman–Crippen LogP) is 2.53. The average molecular weight is 398 g/mol. The Balaban J connectivity index is 1.59. The van der Waals surface area contributed by atoms with Crippen molar-refractivity contribution in [1.82, 2.24) is 20.0 Å². The Kier molecular flexibility index (Phi) is 5.58. The molecule has 29 heavy (non-hydrogen) atoms. The van der Waals surface area contributed by atoms with Crippen LogP contribution in [-0.2, 0) is 11.2 Å². The number of rotatable bonds is 6. The van der Waals surface area contributed by atoms with Crippen LogP contribution < -0.4 is 4.90 Å². The number of benzene rings is 1. The van der Waals surface area contributed by atoms with Gasteiger partial charge in [0.1, 0.15) is 0 Å². The number of amides is 1. The molecular formula is C22H31N5O2. The Bertz CT molecular complexity index is 864. The zero-order chi connectivity index (χ0) is 20.5. The van der Waals surface area contributed by atoms with E-state index >= 15 is 0 Å². The molecule has 1 aromatic heterocycles. The third-order valence-electron chi connectivity index (χ3n) is 6.13. The van der Waals surface area contributed by atoms with Gasteiger partial charge in [0.15, 0.2) is 0 Å². The number of likely N-dealkylation sites (tertiary alicyclic amines) is 1. The summed E-state index contributed by atoms with van der Waals surface area (Å²) in [5.74, 6) is 1.68. The van der Waals surface area contributed by atoms with Crippen molar-refractivity contribution >= 4 is 11.9 Å². The second kappa shape index (κ2) is 8.14. The van der Waals surface area contributed by atoms with E-state index in [0.717, 1.165) is 32.5 Å². The molecular weight excluding hydrogens is 366 g/mol. The Morgan fingerprint density at radius 1 is 1.21 bits per heavy atom. The van der Waals surface area contributed by atoms with E-state index in [1.54, 1.807) is 0 Å². The van der Waals surface area contributed by atoms with E-state index in [4.69, 9.17) is 4.42 Å². The van der Waals surface area contributed by atoms with Crippen LogP contribution in [0.3, 0.4) is 0 Å². The van der Waals surface area contributed by atoms with Gasteiger partial charge in [0.2, 0.25) is 11.8 Å². The van der Waals surface area contributed by atoms with E-state index < -0.39 is 0 Å². The quantitative estimate of drug-likeness (QED) is 0.746. The first-order valence-electron chi connectivity index (χ1n) is 10.5. The van der Waals surface area contributed by atoms with Crippen LogP contribution >= 0.6 is 0 Å². The van der Waals surface area contributed by atoms with Gasteiger partial charge in [-0.1, -0.05) is 36.3 Å². The fraction of sp³-hybridized carbons (Fsp3) is 0.591. The van der Waals surface area contributed by atoms with Crippen molar-refractivity contribution in [3.05, 3.63) is 41.3 Å². The number of hydrogen-bond acceptors (Lipinski definition) is 6. The summed E-state index contributed by atoms with van der Waals surface area (Å²) in [6.07, 6.45) is 1.80. The molecule has 2 aliphatic rings. The molecule has 2 aromatic rings. The molecule has 0 spiro atoms. The van der Waals surface area contributed by atoms with E-state index in [1.165, 1.54) is 11.1 Å². The van der Waals surface area contributed by atoms with Crippen molar-refractivity contribution in [1.29, 1.82) is 0 Å². The summed E-state index contributed by atoms with van der Waals surface area (Å²) in [6, 6.07) is 9.17. The number of hydrogen-bond donors (Lipinski definition) is 0. The van der Waals surface area contributed by atoms with Gasteiger partial charge in [0.05, 0.1) is 12.6 Å². The highest BCUT2D eigenvalue weighted by molar-refractivity contribution is 5.79. The standard InChI is InChI=1S/C22H31N5O2/c1-5-8-19-23-24-22(29-19)26-11-16-12-27(20(28)14-25(3)4)21(18(16)13-26)17-10-7-6-9-15(17)2/h6-7,9-10,16,18,21H,5,8,11-14H2,1-4H3/t16-,18-,21+/m1/s1. The maximum absolute atomic E-state index is 13.0. The van der Waals surface area contributed by atoms with Crippen LogP contribution in [0, 0.1) is 18.8 Å². The molecule has 7 heteroatoms. The van der Waals surface area contributed by atoms with Gasteiger partial charge in [0.25, 0.3) is 0 Å². The second-order valence-electron chi connectivity index (χ2n) is 8.64. The monoisotopic (exact) mass is 397 g/mol. The molecule has 0 unspecified atom stereocenters. The maximum atomic E-state index is 13.0. The molecule has 7 nitrogen and oxygen atoms in total. The molecule has 156 valence electrons. The van der Waals surface area contributed by atoms with Crippen LogP contribution in [0.25, 0.3) is 0 Å². The van der Waals surface area contributed by atoms with Gasteiger partial charge in [-0.25, -0.2) is 0 Å². The third kappa shape index (κ3) is 3.88. The third-order valence-corrected chi connectivity index (χ3v) is 6.13. The normalized spacial score (nSPS) is 23.8. The van der Waals surface area contributed by atoms with Crippen LogP contribution in [0.4, 0.5) is 6.01 Å². The van der Waals surface area contributed by atoms with Gasteiger partial charge in [0, 0.05) is 37.9 Å². The minimum Gasteiger partial charge on any atom is -0.408 e. The van der Waals surface area contributed by atoms with Crippen LogP contribution in [-0.4, -0.2) is 66.2 Å². The molecule has 2 fully saturated rings. The highest BCUT2D eigenvalue weighted by Gasteiger charge is 2.50. The van der Waals surface area contributed by atoms with E-state index in [1.807, 2.05) is 19.0 Å². The fourth-order valence-electron chi connectivity index (χ4n) is 4.82. The average Bonchev–Trinajstić information content (AvgIpc) is 3.36. The Morgan fingerprint density at radius 2 is 2.00 bits per heavy atom. The maximum Gasteiger partial charge on any atom is 0.318 e. The number of carbonyl (C=O) groups is 1. The van der Waals surface area contributed by atoms with Gasteiger partial charge >= 0.3 is 6.01 Å². The Hall–Kier alpha value is -2.41. The molecule has 0 aliphatic carbocycles. The summed E-state index contributed by atoms with van der Waals surface area (Å²) in [7, 11) is 3.89. The smallest absolute Gasteiger partial charge is 0.318 e. The minimum absolute atomic E-state index is 0.0942. The summed E-state index contributed by atoms with van der Waals surface area (Å²) in [5.41, 5.74) is 2.49. The molecule has 1 aromatic carbocycles. The Labute approximate surface area is 172 Å². The van der Waals surface area contributed by atoms with Crippen LogP contribution in [0.2, 0.25) is 0 Å². The second-order valence-corrected chi connectivity index (χ2v) is 8.64. The number of aromatic nitrogens is 2. The first-order chi connectivity index (χ1) is 14.0. The lowest BCUT2D eigenvalue weighted by atomic mass is 9.87. The van der Waals surface area contributed by atoms with E-state index in [9.17, 15) is 4.79 Å². The zero-order valence-corrected chi connectivity index (χ0v) is 17.8. The molecule has 2 aliphatic heterocycles. The van der Waals surface area contributed by atoms with Crippen molar-refractivity contribution in [3.8, 4) is 0 Å². The highest BCUT2D eigenvalue weighted by atomic mass is 16.4. The lowest BCUT2D eigenvalue weighted by Crippen LogP contribution is -2.40. The minimum atomic E-state index is 0.0942. The van der Waals surface area contributed by atoms with Crippen LogP contribution in [0.5, 0.6) is 0 Å². The number of likely N-dealkylation sites (N-methyl/N-ethyl adjacent to an activating group) is 1. The van der Waals surface area contributed by atoms with Gasteiger partial charge in [-0.15, -0.1) is 5.10 Å². The molecule has 3 heterocycles. The number of nitrogens with zero attached hydrogens (tertiary/aromatic N) is 5. The van der Waals surface area contributed by atoms with E-state index in [-0.39, 0.29) is 11.9 Å². The molecule has 0 saturated carbocycles. The molecule has 2 saturated heterocycles. The number of fused-ring (bicyclic) bond motifs is 1. The highest BCUT2D eigenvalue weighted by Crippen LogP contribution is 2.46. The topological polar surface area (TPSA) is 65.7 Å². The Morgan fingerprint density at radius 3 is 2.72 bits per heavy atom. The van der Waals surface area contributed by atoms with Crippen molar-refractivity contribution in [2.24, 2.45) is 11.8 Å². The largest absolute Gasteiger partial charge is 0.408 e. The molecule has 3 atom stereocenters. The van der Waals surface area contributed by atoms with Gasteiger partial charge in [-0.3, -0.25) is 4.79 Å². The fourth-order valence-corrected chi connectivity index (χ4v) is 4.82. The summed E-state index contributed by atoms with van der Waals surface area (Å²) in [6.45, 7) is 7.16. The van der Waals surface area contributed by atoms with Crippen LogP contribution in [0.1, 0.15) is 36.4 Å². The molecule has 1 amide bonds. The summed E-state index contributed by atoms with van der Waals surface area (Å²) >= 11 is 0. The molecule has 0 N–H and O–H groups in total. The van der Waals surface area contributed by atoms with Crippen molar-refractivity contribution in [2.75, 3.05) is 45.2 Å². The van der Waals surface area contributed by atoms with Crippen LogP contribution in [0.15, 0.2) is 28.7 Å². The van der Waals surface area contributed by atoms with Gasteiger partial charge < -0.3 is 19.1 Å². The SMILES string of the molecule is CCCc1nnc(N2C[C@@H]3CN(C(=O)CN(C)C)[C@@H](c4ccccc4C)[C@@H]3C2)o1. The molecule has 4 rings (SSSR count). The zero-order valence-electron chi connectivity index (χ0n) is 17.8. The van der Waals surface area contributed by atoms with E-state index in [0.29, 0.717) is 30.3 Å². The summed E-state index contributed by atoms with van der Waals surface area (Å²) in [4.78, 5) is 19.3. The molecule has 0 radical (unpaired) electrons. The van der Waals surface area contributed by atoms with Gasteiger partial charge in [-0.05, 0) is 38.6 Å². The lowest BCUT2D eigenvalue weighted by molar-refractivity contribution is -0.133. The van der Waals surface area contributed by atoms with Crippen molar-refractivity contribution < 1.29 is 9.21 Å². The van der Waals surface area contributed by atoms with Gasteiger partial charge in [-0.2, -0.15) is 0 Å². The summed E-state index contributed by atoms with van der Waals surface area (Å²) < 4.78 is 5.88. The van der Waals surface area contributed by atoms with Crippen molar-refractivity contribution in [3.63, 3.8) is 0 Å². The van der Waals surface area contributed by atoms with E-state index in [2.05, 4.69) is 58.1 Å². The lowest BCUT2D eigenvalue weighted by Gasteiger charge is -2.31. The predicted molar refractivity (Wildman–Crippen MR) is 112 cm³/mol. The number of carbonyl (C=O) groups excluding carboxylic acids is 1. The number of aryl methyl sites for hydroxylation is 2. The first-order valence-corrected chi connectivity index (χ1v) is 10.5. The molecule has 0 bridgehead atoms. The summed E-state index contributed by atoms with van der Waals surface area (Å²) in [5, 5.41) is 8.46.